The van der Waals surface area contributed by atoms with Crippen molar-refractivity contribution in [2.45, 2.75) is 25.9 Å². The highest BCUT2D eigenvalue weighted by Gasteiger charge is 2.34. The third-order valence-corrected chi connectivity index (χ3v) is 4.98. The molecule has 3 rings (SSSR count). The van der Waals surface area contributed by atoms with Gasteiger partial charge >= 0.3 is 6.18 Å². The average Bonchev–Trinajstić information content (AvgIpc) is 2.67. The summed E-state index contributed by atoms with van der Waals surface area (Å²) in [5.41, 5.74) is 3.74. The predicted octanol–water partition coefficient (Wildman–Crippen LogP) is 2.37. The Hall–Kier alpha value is -2.68. The Morgan fingerprint density at radius 3 is 2.50 bits per heavy atom. The number of aromatic nitrogens is 2. The van der Waals surface area contributed by atoms with Crippen LogP contribution in [-0.2, 0) is 6.18 Å². The molecule has 6 nitrogen and oxygen atoms in total. The second-order valence-electron chi connectivity index (χ2n) is 6.90. The molecular formula is C19H21F3N4O2. The minimum Gasteiger partial charge on any atom is -0.337 e. The number of carbonyl (C=O) groups excluding carboxylic acids is 1. The fourth-order valence-corrected chi connectivity index (χ4v) is 3.36. The molecular weight excluding hydrogens is 373 g/mol. The van der Waals surface area contributed by atoms with Gasteiger partial charge in [0.2, 0.25) is 5.43 Å². The van der Waals surface area contributed by atoms with Crippen LogP contribution < -0.4 is 11.2 Å². The number of piperidine rings is 1. The summed E-state index contributed by atoms with van der Waals surface area (Å²) >= 11 is 0. The maximum Gasteiger partial charge on any atom is 0.418 e. The van der Waals surface area contributed by atoms with Gasteiger partial charge in [-0.2, -0.15) is 18.3 Å². The zero-order chi connectivity index (χ0) is 20.5. The van der Waals surface area contributed by atoms with Gasteiger partial charge in [0.15, 0.2) is 5.69 Å². The van der Waals surface area contributed by atoms with Gasteiger partial charge in [0.1, 0.15) is 0 Å². The number of aryl methyl sites for hydroxylation is 1. The van der Waals surface area contributed by atoms with Gasteiger partial charge in [-0.05, 0) is 44.4 Å². The lowest BCUT2D eigenvalue weighted by Crippen LogP contribution is -2.42. The Balaban J connectivity index is 2.01. The van der Waals surface area contributed by atoms with E-state index in [1.165, 1.54) is 30.0 Å². The summed E-state index contributed by atoms with van der Waals surface area (Å²) in [5, 5.41) is 4.02. The van der Waals surface area contributed by atoms with Crippen molar-refractivity contribution >= 4 is 5.91 Å². The summed E-state index contributed by atoms with van der Waals surface area (Å²) in [6.07, 6.45) is -3.15. The minimum atomic E-state index is -4.60. The highest BCUT2D eigenvalue weighted by molar-refractivity contribution is 5.92. The lowest BCUT2D eigenvalue weighted by molar-refractivity contribution is -0.137. The SMILES string of the molecule is Cc1cc(=O)c(C(=O)N2CCC(CN)CC2)nn1-c1ccccc1C(F)(F)F. The second-order valence-corrected chi connectivity index (χ2v) is 6.90. The third-order valence-electron chi connectivity index (χ3n) is 4.98. The first-order chi connectivity index (χ1) is 13.2. The molecule has 2 aromatic rings. The van der Waals surface area contributed by atoms with Crippen LogP contribution in [0.5, 0.6) is 0 Å². The number of rotatable bonds is 3. The monoisotopic (exact) mass is 394 g/mol. The van der Waals surface area contributed by atoms with E-state index in [-0.39, 0.29) is 17.1 Å². The van der Waals surface area contributed by atoms with E-state index in [4.69, 9.17) is 5.73 Å². The number of para-hydroxylation sites is 1. The summed E-state index contributed by atoms with van der Waals surface area (Å²) < 4.78 is 41.1. The third kappa shape index (κ3) is 3.94. The molecule has 1 aromatic carbocycles. The van der Waals surface area contributed by atoms with E-state index in [9.17, 15) is 22.8 Å². The van der Waals surface area contributed by atoms with Crippen molar-refractivity contribution in [2.75, 3.05) is 19.6 Å². The number of halogens is 3. The van der Waals surface area contributed by atoms with Gasteiger partial charge in [-0.1, -0.05) is 12.1 Å². The van der Waals surface area contributed by atoms with Gasteiger partial charge in [0.05, 0.1) is 11.3 Å². The minimum absolute atomic E-state index is 0.208. The average molecular weight is 394 g/mol. The number of hydrogen-bond donors (Lipinski definition) is 1. The number of alkyl halides is 3. The summed E-state index contributed by atoms with van der Waals surface area (Å²) in [5.74, 6) is -0.246. The Bertz CT molecular complexity index is 932. The van der Waals surface area contributed by atoms with Crippen molar-refractivity contribution in [2.24, 2.45) is 11.7 Å². The molecule has 0 saturated carbocycles. The lowest BCUT2D eigenvalue weighted by atomic mass is 9.97. The molecule has 0 unspecified atom stereocenters. The molecule has 1 fully saturated rings. The van der Waals surface area contributed by atoms with Crippen molar-refractivity contribution in [1.29, 1.82) is 0 Å². The molecule has 1 saturated heterocycles. The van der Waals surface area contributed by atoms with Gasteiger partial charge in [-0.3, -0.25) is 9.59 Å². The first kappa shape index (κ1) is 20.1. The largest absolute Gasteiger partial charge is 0.418 e. The number of hydrogen-bond acceptors (Lipinski definition) is 4. The van der Waals surface area contributed by atoms with Crippen LogP contribution in [0.1, 0.15) is 34.6 Å². The molecule has 0 atom stereocenters. The molecule has 2 N–H and O–H groups in total. The van der Waals surface area contributed by atoms with Crippen LogP contribution >= 0.6 is 0 Å². The first-order valence-corrected chi connectivity index (χ1v) is 8.99. The van der Waals surface area contributed by atoms with Crippen LogP contribution in [0, 0.1) is 12.8 Å². The quantitative estimate of drug-likeness (QED) is 0.867. The molecule has 2 heterocycles. The molecule has 1 aliphatic rings. The van der Waals surface area contributed by atoms with E-state index in [1.807, 2.05) is 0 Å². The zero-order valence-electron chi connectivity index (χ0n) is 15.4. The van der Waals surface area contributed by atoms with E-state index >= 15 is 0 Å². The molecule has 1 amide bonds. The van der Waals surface area contributed by atoms with Crippen molar-refractivity contribution in [3.05, 3.63) is 57.5 Å². The standard InChI is InChI=1S/C19H21F3N4O2/c1-12-10-16(27)17(18(28)25-8-6-13(11-23)7-9-25)24-26(12)15-5-3-2-4-14(15)19(20,21)22/h2-5,10,13H,6-9,11,23H2,1H3. The van der Waals surface area contributed by atoms with Gasteiger partial charge in [0, 0.05) is 24.8 Å². The van der Waals surface area contributed by atoms with Crippen molar-refractivity contribution < 1.29 is 18.0 Å². The number of carbonyl (C=O) groups is 1. The van der Waals surface area contributed by atoms with Crippen LogP contribution in [0.4, 0.5) is 13.2 Å². The van der Waals surface area contributed by atoms with E-state index in [0.717, 1.165) is 29.7 Å². The molecule has 0 spiro atoms. The molecule has 9 heteroatoms. The topological polar surface area (TPSA) is 81.2 Å². The second kappa shape index (κ2) is 7.75. The number of likely N-dealkylation sites (tertiary alicyclic amines) is 1. The molecule has 150 valence electrons. The Kier molecular flexibility index (Phi) is 5.55. The molecule has 0 aliphatic carbocycles. The summed E-state index contributed by atoms with van der Waals surface area (Å²) in [6, 6.07) is 6.06. The Morgan fingerprint density at radius 1 is 1.25 bits per heavy atom. The smallest absolute Gasteiger partial charge is 0.337 e. The van der Waals surface area contributed by atoms with E-state index in [1.54, 1.807) is 0 Å². The predicted molar refractivity (Wildman–Crippen MR) is 97.3 cm³/mol. The maximum absolute atomic E-state index is 13.4. The molecule has 28 heavy (non-hydrogen) atoms. The van der Waals surface area contributed by atoms with Crippen LogP contribution in [0.3, 0.4) is 0 Å². The number of nitrogens with zero attached hydrogens (tertiary/aromatic N) is 3. The Labute approximate surface area is 159 Å². The lowest BCUT2D eigenvalue weighted by Gasteiger charge is -2.31. The summed E-state index contributed by atoms with van der Waals surface area (Å²) in [6.45, 7) is 2.89. The van der Waals surface area contributed by atoms with Crippen LogP contribution in [-0.4, -0.2) is 40.2 Å². The van der Waals surface area contributed by atoms with Crippen molar-refractivity contribution in [3.63, 3.8) is 0 Å². The van der Waals surface area contributed by atoms with Crippen molar-refractivity contribution in [3.8, 4) is 5.69 Å². The number of nitrogens with two attached hydrogens (primary N) is 1. The molecule has 1 aliphatic heterocycles. The number of amides is 1. The summed E-state index contributed by atoms with van der Waals surface area (Å²) in [4.78, 5) is 26.6. The Morgan fingerprint density at radius 2 is 1.89 bits per heavy atom. The van der Waals surface area contributed by atoms with Gasteiger partial charge in [-0.25, -0.2) is 4.68 Å². The molecule has 0 radical (unpaired) electrons. The number of benzene rings is 1. The highest BCUT2D eigenvalue weighted by Crippen LogP contribution is 2.33. The van der Waals surface area contributed by atoms with Crippen LogP contribution in [0.15, 0.2) is 35.1 Å². The van der Waals surface area contributed by atoms with Gasteiger partial charge in [-0.15, -0.1) is 0 Å². The molecule has 0 bridgehead atoms. The highest BCUT2D eigenvalue weighted by atomic mass is 19.4. The van der Waals surface area contributed by atoms with Gasteiger partial charge < -0.3 is 10.6 Å². The van der Waals surface area contributed by atoms with Gasteiger partial charge in [0.25, 0.3) is 5.91 Å². The fourth-order valence-electron chi connectivity index (χ4n) is 3.36. The normalized spacial score (nSPS) is 15.7. The van der Waals surface area contributed by atoms with E-state index < -0.39 is 23.1 Å². The van der Waals surface area contributed by atoms with E-state index in [0.29, 0.717) is 25.6 Å². The van der Waals surface area contributed by atoms with Crippen LogP contribution in [0.25, 0.3) is 5.69 Å². The maximum atomic E-state index is 13.4. The first-order valence-electron chi connectivity index (χ1n) is 8.99. The fraction of sp³-hybridized carbons (Fsp3) is 0.421. The molecule has 1 aromatic heterocycles. The van der Waals surface area contributed by atoms with E-state index in [2.05, 4.69) is 5.10 Å². The summed E-state index contributed by atoms with van der Waals surface area (Å²) in [7, 11) is 0. The zero-order valence-corrected chi connectivity index (χ0v) is 15.4. The van der Waals surface area contributed by atoms with Crippen molar-refractivity contribution in [1.82, 2.24) is 14.7 Å². The van der Waals surface area contributed by atoms with Crippen LogP contribution in [0.2, 0.25) is 0 Å².